The highest BCUT2D eigenvalue weighted by molar-refractivity contribution is 9.10. The molecule has 0 aromatic heterocycles. The molecule has 4 heteroatoms. The van der Waals surface area contributed by atoms with Gasteiger partial charge >= 0.3 is 0 Å². The van der Waals surface area contributed by atoms with Gasteiger partial charge in [-0.15, -0.1) is 0 Å². The van der Waals surface area contributed by atoms with Crippen LogP contribution in [-0.2, 0) is 0 Å². The molecule has 1 atom stereocenters. The second-order valence-corrected chi connectivity index (χ2v) is 5.61. The van der Waals surface area contributed by atoms with Crippen molar-refractivity contribution < 1.29 is 14.2 Å². The Balaban J connectivity index is 2.49. The molecule has 0 aliphatic heterocycles. The van der Waals surface area contributed by atoms with Crippen LogP contribution >= 0.6 is 15.9 Å². The Morgan fingerprint density at radius 1 is 1.15 bits per heavy atom. The van der Waals surface area contributed by atoms with Gasteiger partial charge in [-0.2, -0.15) is 0 Å². The van der Waals surface area contributed by atoms with Crippen LogP contribution in [0.4, 0.5) is 4.39 Å². The van der Waals surface area contributed by atoms with Crippen LogP contribution < -0.4 is 4.74 Å². The van der Waals surface area contributed by atoms with E-state index in [1.807, 2.05) is 32.0 Å². The number of aliphatic hydroxyl groups excluding tert-OH is 1. The number of methoxy groups -OCH3 is 1. The van der Waals surface area contributed by atoms with Gasteiger partial charge in [-0.05, 0) is 52.5 Å². The molecule has 1 unspecified atom stereocenters. The molecule has 0 bridgehead atoms. The maximum Gasteiger partial charge on any atom is 0.141 e. The fraction of sp³-hybridized carbons (Fsp3) is 0.250. The number of halogens is 2. The molecule has 0 aliphatic carbocycles. The number of hydrogen-bond donors (Lipinski definition) is 1. The quantitative estimate of drug-likeness (QED) is 0.904. The van der Waals surface area contributed by atoms with E-state index >= 15 is 0 Å². The third-order valence-corrected chi connectivity index (χ3v) is 4.02. The number of ether oxygens (including phenoxy) is 1. The Morgan fingerprint density at radius 3 is 2.45 bits per heavy atom. The highest BCUT2D eigenvalue weighted by Gasteiger charge is 2.18. The van der Waals surface area contributed by atoms with Crippen molar-refractivity contribution in [2.45, 2.75) is 20.0 Å². The number of hydrogen-bond acceptors (Lipinski definition) is 2. The van der Waals surface area contributed by atoms with E-state index in [1.165, 1.54) is 13.2 Å². The summed E-state index contributed by atoms with van der Waals surface area (Å²) in [5.74, 6) is -0.0886. The highest BCUT2D eigenvalue weighted by atomic mass is 79.9. The first-order chi connectivity index (χ1) is 9.43. The van der Waals surface area contributed by atoms with Crippen molar-refractivity contribution >= 4 is 15.9 Å². The van der Waals surface area contributed by atoms with Crippen molar-refractivity contribution in [1.29, 1.82) is 0 Å². The van der Waals surface area contributed by atoms with Gasteiger partial charge in [-0.25, -0.2) is 4.39 Å². The highest BCUT2D eigenvalue weighted by Crippen LogP contribution is 2.34. The van der Waals surface area contributed by atoms with E-state index in [-0.39, 0.29) is 0 Å². The standard InChI is InChI=1S/C16H16BrFO2/c1-9-4-5-11(6-10(9)2)16(19)12-7-13(17)14(18)8-15(12)20-3/h4-8,16,19H,1-3H3. The molecule has 2 aromatic rings. The molecule has 2 aromatic carbocycles. The molecule has 2 nitrogen and oxygen atoms in total. The molecule has 2 rings (SSSR count). The van der Waals surface area contributed by atoms with Crippen LogP contribution in [0.3, 0.4) is 0 Å². The van der Waals surface area contributed by atoms with E-state index in [2.05, 4.69) is 15.9 Å². The summed E-state index contributed by atoms with van der Waals surface area (Å²) in [4.78, 5) is 0. The lowest BCUT2D eigenvalue weighted by atomic mass is 9.97. The molecule has 20 heavy (non-hydrogen) atoms. The van der Waals surface area contributed by atoms with Crippen molar-refractivity contribution in [3.8, 4) is 5.75 Å². The van der Waals surface area contributed by atoms with Crippen LogP contribution in [0.2, 0.25) is 0 Å². The average Bonchev–Trinajstić information content (AvgIpc) is 2.43. The van der Waals surface area contributed by atoms with Crippen molar-refractivity contribution in [3.05, 3.63) is 62.9 Å². The van der Waals surface area contributed by atoms with Gasteiger partial charge in [0.2, 0.25) is 0 Å². The zero-order valence-electron chi connectivity index (χ0n) is 11.6. The summed E-state index contributed by atoms with van der Waals surface area (Å²) < 4.78 is 19.0. The van der Waals surface area contributed by atoms with E-state index < -0.39 is 11.9 Å². The van der Waals surface area contributed by atoms with Crippen LogP contribution in [-0.4, -0.2) is 12.2 Å². The van der Waals surface area contributed by atoms with Crippen molar-refractivity contribution in [2.75, 3.05) is 7.11 Å². The summed E-state index contributed by atoms with van der Waals surface area (Å²) in [6, 6.07) is 8.57. The molecule has 0 aliphatic rings. The fourth-order valence-electron chi connectivity index (χ4n) is 2.05. The molecule has 106 valence electrons. The lowest BCUT2D eigenvalue weighted by Crippen LogP contribution is -2.04. The normalized spacial score (nSPS) is 12.3. The smallest absolute Gasteiger partial charge is 0.141 e. The van der Waals surface area contributed by atoms with Crippen LogP contribution in [0.15, 0.2) is 34.8 Å². The summed E-state index contributed by atoms with van der Waals surface area (Å²) in [6.07, 6.45) is -0.860. The number of rotatable bonds is 3. The molecule has 0 saturated carbocycles. The maximum atomic E-state index is 13.5. The number of benzene rings is 2. The van der Waals surface area contributed by atoms with E-state index in [9.17, 15) is 9.50 Å². The summed E-state index contributed by atoms with van der Waals surface area (Å²) in [7, 11) is 1.46. The predicted molar refractivity (Wildman–Crippen MR) is 80.6 cm³/mol. The Kier molecular flexibility index (Phi) is 4.45. The Bertz CT molecular complexity index is 641. The number of aryl methyl sites for hydroxylation is 2. The minimum absolute atomic E-state index is 0.302. The second kappa shape index (κ2) is 5.94. The largest absolute Gasteiger partial charge is 0.496 e. The second-order valence-electron chi connectivity index (χ2n) is 4.75. The summed E-state index contributed by atoms with van der Waals surface area (Å²) >= 11 is 3.13. The molecule has 0 spiro atoms. The molecule has 0 saturated heterocycles. The molecule has 0 radical (unpaired) electrons. The Hall–Kier alpha value is -1.39. The van der Waals surface area contributed by atoms with Gasteiger partial charge in [0.15, 0.2) is 0 Å². The predicted octanol–water partition coefficient (Wildman–Crippen LogP) is 4.30. The molecular weight excluding hydrogens is 323 g/mol. The van der Waals surface area contributed by atoms with E-state index in [4.69, 9.17) is 4.74 Å². The van der Waals surface area contributed by atoms with Crippen LogP contribution in [0, 0.1) is 19.7 Å². The van der Waals surface area contributed by atoms with Gasteiger partial charge in [-0.3, -0.25) is 0 Å². The lowest BCUT2D eigenvalue weighted by Gasteiger charge is -2.17. The van der Waals surface area contributed by atoms with E-state index in [0.29, 0.717) is 15.8 Å². The van der Waals surface area contributed by atoms with E-state index in [1.54, 1.807) is 6.07 Å². The van der Waals surface area contributed by atoms with Gasteiger partial charge < -0.3 is 9.84 Å². The minimum Gasteiger partial charge on any atom is -0.496 e. The molecule has 1 N–H and O–H groups in total. The first kappa shape index (κ1) is 15.0. The van der Waals surface area contributed by atoms with Gasteiger partial charge in [0, 0.05) is 11.6 Å². The SMILES string of the molecule is COc1cc(F)c(Br)cc1C(O)c1ccc(C)c(C)c1. The van der Waals surface area contributed by atoms with Crippen molar-refractivity contribution in [2.24, 2.45) is 0 Å². The van der Waals surface area contributed by atoms with Crippen molar-refractivity contribution in [1.82, 2.24) is 0 Å². The van der Waals surface area contributed by atoms with Gasteiger partial charge in [0.05, 0.1) is 11.6 Å². The lowest BCUT2D eigenvalue weighted by molar-refractivity contribution is 0.214. The van der Waals surface area contributed by atoms with Gasteiger partial charge in [0.1, 0.15) is 17.7 Å². The molecular formula is C16H16BrFO2. The molecule has 0 amide bonds. The summed E-state index contributed by atoms with van der Waals surface area (Å²) in [5.41, 5.74) is 3.55. The van der Waals surface area contributed by atoms with Gasteiger partial charge in [-0.1, -0.05) is 18.2 Å². The first-order valence-corrected chi connectivity index (χ1v) is 7.01. The summed E-state index contributed by atoms with van der Waals surface area (Å²) in [5, 5.41) is 10.5. The maximum absolute atomic E-state index is 13.5. The molecule has 0 fully saturated rings. The Labute approximate surface area is 126 Å². The zero-order chi connectivity index (χ0) is 14.9. The summed E-state index contributed by atoms with van der Waals surface area (Å²) in [6.45, 7) is 4.00. The van der Waals surface area contributed by atoms with Crippen LogP contribution in [0.1, 0.15) is 28.4 Å². The third kappa shape index (κ3) is 2.86. The topological polar surface area (TPSA) is 29.5 Å². The third-order valence-electron chi connectivity index (χ3n) is 3.41. The average molecular weight is 339 g/mol. The minimum atomic E-state index is -0.860. The van der Waals surface area contributed by atoms with Crippen molar-refractivity contribution in [3.63, 3.8) is 0 Å². The monoisotopic (exact) mass is 338 g/mol. The van der Waals surface area contributed by atoms with Crippen LogP contribution in [0.5, 0.6) is 5.75 Å². The zero-order valence-corrected chi connectivity index (χ0v) is 13.2. The first-order valence-electron chi connectivity index (χ1n) is 6.22. The van der Waals surface area contributed by atoms with Gasteiger partial charge in [0.25, 0.3) is 0 Å². The fourth-order valence-corrected chi connectivity index (χ4v) is 2.41. The van der Waals surface area contributed by atoms with E-state index in [0.717, 1.165) is 16.7 Å². The Morgan fingerprint density at radius 2 is 1.85 bits per heavy atom. The molecule has 0 heterocycles. The van der Waals surface area contributed by atoms with Crippen LogP contribution in [0.25, 0.3) is 0 Å². The number of aliphatic hydroxyl groups is 1.